The Balaban J connectivity index is 2.90. The predicted octanol–water partition coefficient (Wildman–Crippen LogP) is -0.859. The number of piperazine rings is 1. The Labute approximate surface area is 78.0 Å². The summed E-state index contributed by atoms with van der Waals surface area (Å²) in [6, 6.07) is 0. The van der Waals surface area contributed by atoms with E-state index in [0.717, 1.165) is 0 Å². The molecule has 5 nitrogen and oxygen atoms in total. The van der Waals surface area contributed by atoms with Crippen molar-refractivity contribution < 1.29 is 4.79 Å². The molecule has 1 rings (SSSR count). The molecule has 0 aromatic carbocycles. The molecule has 74 valence electrons. The van der Waals surface area contributed by atoms with Crippen LogP contribution in [0.15, 0.2) is 4.99 Å². The number of amides is 1. The van der Waals surface area contributed by atoms with Crippen molar-refractivity contribution in [2.24, 2.45) is 10.7 Å². The molecule has 0 spiro atoms. The van der Waals surface area contributed by atoms with Crippen LogP contribution in [0, 0.1) is 0 Å². The number of nitrogens with zero attached hydrogens (tertiary/aromatic N) is 2. The lowest BCUT2D eigenvalue weighted by molar-refractivity contribution is -0.132. The second kappa shape index (κ2) is 3.24. The minimum Gasteiger partial charge on any atom is -0.370 e. The van der Waals surface area contributed by atoms with Crippen LogP contribution in [0.4, 0.5) is 0 Å². The summed E-state index contributed by atoms with van der Waals surface area (Å²) in [5.41, 5.74) is 5.09. The monoisotopic (exact) mass is 184 g/mol. The zero-order valence-electron chi connectivity index (χ0n) is 8.29. The minimum atomic E-state index is -0.595. The molecule has 0 aromatic rings. The topological polar surface area (TPSA) is 70.7 Å². The lowest BCUT2D eigenvalue weighted by Crippen LogP contribution is -2.64. The molecule has 0 saturated carbocycles. The highest BCUT2D eigenvalue weighted by Crippen LogP contribution is 2.16. The normalized spacial score (nSPS) is 22.8. The van der Waals surface area contributed by atoms with Gasteiger partial charge in [0.1, 0.15) is 5.54 Å². The van der Waals surface area contributed by atoms with E-state index in [1.54, 1.807) is 7.05 Å². The summed E-state index contributed by atoms with van der Waals surface area (Å²) in [4.78, 5) is 17.2. The largest absolute Gasteiger partial charge is 0.370 e. The Morgan fingerprint density at radius 2 is 2.31 bits per heavy atom. The third-order valence-electron chi connectivity index (χ3n) is 2.36. The van der Waals surface area contributed by atoms with Gasteiger partial charge in [-0.15, -0.1) is 0 Å². The SMILES string of the molecule is CN=C(N)N1CCNC(=O)C1(C)C. The van der Waals surface area contributed by atoms with Gasteiger partial charge in [0.25, 0.3) is 0 Å². The molecule has 0 atom stereocenters. The molecule has 1 fully saturated rings. The Bertz CT molecular complexity index is 247. The summed E-state index contributed by atoms with van der Waals surface area (Å²) in [5.74, 6) is 0.408. The first-order valence-electron chi connectivity index (χ1n) is 4.28. The Morgan fingerprint density at radius 3 is 2.85 bits per heavy atom. The average Bonchev–Trinajstić information content (AvgIpc) is 2.08. The lowest BCUT2D eigenvalue weighted by atomic mass is 9.99. The fraction of sp³-hybridized carbons (Fsp3) is 0.750. The van der Waals surface area contributed by atoms with Gasteiger partial charge in [-0.2, -0.15) is 0 Å². The molecule has 13 heavy (non-hydrogen) atoms. The van der Waals surface area contributed by atoms with Crippen LogP contribution in [0.1, 0.15) is 13.8 Å². The molecule has 1 aliphatic heterocycles. The van der Waals surface area contributed by atoms with Crippen molar-refractivity contribution in [3.05, 3.63) is 0 Å². The molecule has 0 aromatic heterocycles. The van der Waals surface area contributed by atoms with E-state index in [0.29, 0.717) is 19.0 Å². The number of hydrogen-bond donors (Lipinski definition) is 2. The molecule has 3 N–H and O–H groups in total. The van der Waals surface area contributed by atoms with Crippen LogP contribution in [0.2, 0.25) is 0 Å². The fourth-order valence-electron chi connectivity index (χ4n) is 1.42. The molecular formula is C8H16N4O. The standard InChI is InChI=1S/C8H16N4O/c1-8(2)6(13)11-4-5-12(8)7(9)10-3/h4-5H2,1-3H3,(H2,9,10)(H,11,13). The Hall–Kier alpha value is -1.26. The molecule has 5 heteroatoms. The molecule has 0 bridgehead atoms. The highest BCUT2D eigenvalue weighted by molar-refractivity contribution is 5.92. The minimum absolute atomic E-state index is 0.00894. The van der Waals surface area contributed by atoms with Gasteiger partial charge in [-0.05, 0) is 13.8 Å². The molecule has 0 unspecified atom stereocenters. The summed E-state index contributed by atoms with van der Waals surface area (Å²) in [6.45, 7) is 5.00. The number of guanidine groups is 1. The van der Waals surface area contributed by atoms with Crippen LogP contribution in [-0.4, -0.2) is 42.4 Å². The molecule has 1 saturated heterocycles. The third kappa shape index (κ3) is 1.59. The number of aliphatic imine (C=N–C) groups is 1. The van der Waals surface area contributed by atoms with Crippen LogP contribution in [0.3, 0.4) is 0 Å². The van der Waals surface area contributed by atoms with Gasteiger partial charge >= 0.3 is 0 Å². The lowest BCUT2D eigenvalue weighted by Gasteiger charge is -2.41. The molecular weight excluding hydrogens is 168 g/mol. The molecule has 1 heterocycles. The third-order valence-corrected chi connectivity index (χ3v) is 2.36. The summed E-state index contributed by atoms with van der Waals surface area (Å²) in [7, 11) is 1.62. The van der Waals surface area contributed by atoms with Crippen LogP contribution < -0.4 is 11.1 Å². The number of carbonyl (C=O) groups is 1. The smallest absolute Gasteiger partial charge is 0.245 e. The van der Waals surface area contributed by atoms with Gasteiger partial charge in [-0.3, -0.25) is 9.79 Å². The quantitative estimate of drug-likeness (QED) is 0.380. The highest BCUT2D eigenvalue weighted by atomic mass is 16.2. The van der Waals surface area contributed by atoms with E-state index in [1.165, 1.54) is 0 Å². The van der Waals surface area contributed by atoms with Crippen LogP contribution >= 0.6 is 0 Å². The number of carbonyl (C=O) groups excluding carboxylic acids is 1. The summed E-state index contributed by atoms with van der Waals surface area (Å²) >= 11 is 0. The number of hydrogen-bond acceptors (Lipinski definition) is 2. The fourth-order valence-corrected chi connectivity index (χ4v) is 1.42. The van der Waals surface area contributed by atoms with Crippen molar-refractivity contribution in [3.63, 3.8) is 0 Å². The first-order chi connectivity index (χ1) is 6.00. The van der Waals surface area contributed by atoms with E-state index in [1.807, 2.05) is 18.7 Å². The van der Waals surface area contributed by atoms with E-state index >= 15 is 0 Å². The van der Waals surface area contributed by atoms with Crippen molar-refractivity contribution in [1.82, 2.24) is 10.2 Å². The van der Waals surface area contributed by atoms with Gasteiger partial charge in [0.2, 0.25) is 5.91 Å². The summed E-state index contributed by atoms with van der Waals surface area (Å²) < 4.78 is 0. The molecule has 0 radical (unpaired) electrons. The first-order valence-corrected chi connectivity index (χ1v) is 4.28. The van der Waals surface area contributed by atoms with E-state index < -0.39 is 5.54 Å². The number of rotatable bonds is 0. The van der Waals surface area contributed by atoms with Gasteiger partial charge < -0.3 is 16.0 Å². The maximum atomic E-state index is 11.5. The van der Waals surface area contributed by atoms with Crippen LogP contribution in [0.5, 0.6) is 0 Å². The zero-order valence-corrected chi connectivity index (χ0v) is 8.29. The molecule has 1 aliphatic rings. The van der Waals surface area contributed by atoms with Gasteiger partial charge in [-0.1, -0.05) is 0 Å². The Kier molecular flexibility index (Phi) is 2.45. The average molecular weight is 184 g/mol. The highest BCUT2D eigenvalue weighted by Gasteiger charge is 2.38. The van der Waals surface area contributed by atoms with Crippen molar-refractivity contribution in [1.29, 1.82) is 0 Å². The number of nitrogens with two attached hydrogens (primary N) is 1. The zero-order chi connectivity index (χ0) is 10.1. The molecule has 1 amide bonds. The second-order valence-electron chi connectivity index (χ2n) is 3.55. The first kappa shape index (κ1) is 9.83. The van der Waals surface area contributed by atoms with Gasteiger partial charge in [0.15, 0.2) is 5.96 Å². The van der Waals surface area contributed by atoms with Gasteiger partial charge in [0, 0.05) is 20.1 Å². The van der Waals surface area contributed by atoms with E-state index in [-0.39, 0.29) is 5.91 Å². The summed E-state index contributed by atoms with van der Waals surface area (Å²) in [5, 5.41) is 2.79. The maximum absolute atomic E-state index is 11.5. The maximum Gasteiger partial charge on any atom is 0.245 e. The van der Waals surface area contributed by atoms with E-state index in [4.69, 9.17) is 5.73 Å². The summed E-state index contributed by atoms with van der Waals surface area (Å²) in [6.07, 6.45) is 0. The number of nitrogens with one attached hydrogen (secondary N) is 1. The van der Waals surface area contributed by atoms with Crippen LogP contribution in [0.25, 0.3) is 0 Å². The Morgan fingerprint density at radius 1 is 1.69 bits per heavy atom. The molecule has 0 aliphatic carbocycles. The van der Waals surface area contributed by atoms with Crippen molar-refractivity contribution in [2.75, 3.05) is 20.1 Å². The van der Waals surface area contributed by atoms with Gasteiger partial charge in [-0.25, -0.2) is 0 Å². The predicted molar refractivity (Wildman–Crippen MR) is 51.3 cm³/mol. The van der Waals surface area contributed by atoms with Crippen molar-refractivity contribution >= 4 is 11.9 Å². The van der Waals surface area contributed by atoms with Gasteiger partial charge in [0.05, 0.1) is 0 Å². The second-order valence-corrected chi connectivity index (χ2v) is 3.55. The van der Waals surface area contributed by atoms with E-state index in [2.05, 4.69) is 10.3 Å². The van der Waals surface area contributed by atoms with Crippen molar-refractivity contribution in [3.8, 4) is 0 Å². The van der Waals surface area contributed by atoms with Crippen molar-refractivity contribution in [2.45, 2.75) is 19.4 Å². The van der Waals surface area contributed by atoms with Crippen LogP contribution in [-0.2, 0) is 4.79 Å². The van der Waals surface area contributed by atoms with E-state index in [9.17, 15) is 4.79 Å².